The van der Waals surface area contributed by atoms with Gasteiger partial charge < -0.3 is 14.6 Å². The molecule has 0 radical (unpaired) electrons. The van der Waals surface area contributed by atoms with Crippen LogP contribution in [0.2, 0.25) is 10.0 Å². The van der Waals surface area contributed by atoms with Gasteiger partial charge in [0.25, 0.3) is 10.0 Å². The number of benzene rings is 2. The number of carboxylic acid groups (broad SMARTS) is 1. The lowest BCUT2D eigenvalue weighted by molar-refractivity contribution is -0.255. The molecule has 0 aliphatic heterocycles. The maximum absolute atomic E-state index is 12.5. The van der Waals surface area contributed by atoms with Crippen LogP contribution in [0.3, 0.4) is 0 Å². The Morgan fingerprint density at radius 1 is 1.17 bits per heavy atom. The molecule has 0 aliphatic rings. The molecule has 0 saturated carbocycles. The van der Waals surface area contributed by atoms with Gasteiger partial charge in [0.1, 0.15) is 10.6 Å². The molecule has 0 heterocycles. The van der Waals surface area contributed by atoms with Crippen LogP contribution < -0.4 is 14.6 Å². The third-order valence-electron chi connectivity index (χ3n) is 2.88. The predicted octanol–water partition coefficient (Wildman–Crippen LogP) is 2.17. The number of sulfonamides is 1. The summed E-state index contributed by atoms with van der Waals surface area (Å²) >= 11 is 11.6. The second-order valence-corrected chi connectivity index (χ2v) is 6.82. The highest BCUT2D eigenvalue weighted by atomic mass is 35.5. The molecule has 0 amide bonds. The molecule has 1 N–H and O–H groups in total. The highest BCUT2D eigenvalue weighted by molar-refractivity contribution is 7.92. The van der Waals surface area contributed by atoms with Gasteiger partial charge in [-0.05, 0) is 24.3 Å². The summed E-state index contributed by atoms with van der Waals surface area (Å²) in [5.74, 6) is -1.32. The van der Waals surface area contributed by atoms with E-state index >= 15 is 0 Å². The molecule has 0 unspecified atom stereocenters. The summed E-state index contributed by atoms with van der Waals surface area (Å²) in [6.07, 6.45) is 0. The zero-order valence-corrected chi connectivity index (χ0v) is 14.0. The first kappa shape index (κ1) is 17.4. The molecule has 0 aliphatic carbocycles. The van der Waals surface area contributed by atoms with Crippen molar-refractivity contribution in [3.8, 4) is 5.75 Å². The van der Waals surface area contributed by atoms with Crippen LogP contribution in [0.15, 0.2) is 41.3 Å². The summed E-state index contributed by atoms with van der Waals surface area (Å²) in [7, 11) is -2.78. The van der Waals surface area contributed by atoms with E-state index in [0.717, 1.165) is 12.1 Å². The van der Waals surface area contributed by atoms with Crippen LogP contribution in [-0.4, -0.2) is 21.5 Å². The van der Waals surface area contributed by atoms with Crippen molar-refractivity contribution in [2.75, 3.05) is 11.8 Å². The molecule has 0 atom stereocenters. The van der Waals surface area contributed by atoms with Crippen LogP contribution in [0.5, 0.6) is 5.75 Å². The van der Waals surface area contributed by atoms with E-state index in [-0.39, 0.29) is 15.7 Å². The van der Waals surface area contributed by atoms with Gasteiger partial charge in [0.05, 0.1) is 28.8 Å². The lowest BCUT2D eigenvalue weighted by Gasteiger charge is -2.14. The van der Waals surface area contributed by atoms with Crippen LogP contribution in [0.25, 0.3) is 0 Å². The average molecular weight is 375 g/mol. The van der Waals surface area contributed by atoms with Crippen molar-refractivity contribution in [3.05, 3.63) is 52.0 Å². The Bertz CT molecular complexity index is 867. The predicted molar refractivity (Wildman–Crippen MR) is 84.6 cm³/mol. The number of halogens is 2. The number of hydrogen-bond donors (Lipinski definition) is 1. The first-order valence-electron chi connectivity index (χ1n) is 6.12. The van der Waals surface area contributed by atoms with Gasteiger partial charge in [-0.3, -0.25) is 4.72 Å². The standard InChI is InChI=1S/C14H11Cl2NO5S/c1-22-12-5-3-2-4-11(12)17-23(20,21)13-6-8(14(18)19)9(15)7-10(13)16/h2-7,17H,1H3,(H,18,19)/p-1. The maximum Gasteiger partial charge on any atom is 0.263 e. The smallest absolute Gasteiger partial charge is 0.263 e. The van der Waals surface area contributed by atoms with Crippen molar-refractivity contribution in [2.45, 2.75) is 4.90 Å². The van der Waals surface area contributed by atoms with Gasteiger partial charge in [0.15, 0.2) is 0 Å². The van der Waals surface area contributed by atoms with Crippen molar-refractivity contribution < 1.29 is 23.1 Å². The van der Waals surface area contributed by atoms with E-state index in [0.29, 0.717) is 5.75 Å². The molecule has 2 rings (SSSR count). The lowest BCUT2D eigenvalue weighted by Crippen LogP contribution is -2.23. The average Bonchev–Trinajstić information content (AvgIpc) is 2.46. The molecule has 2 aromatic carbocycles. The van der Waals surface area contributed by atoms with Gasteiger partial charge in [-0.25, -0.2) is 8.42 Å². The summed E-state index contributed by atoms with van der Waals surface area (Å²) in [6.45, 7) is 0. The molecule has 0 fully saturated rings. The van der Waals surface area contributed by atoms with E-state index in [2.05, 4.69) is 4.72 Å². The first-order valence-corrected chi connectivity index (χ1v) is 8.36. The monoisotopic (exact) mass is 374 g/mol. The minimum atomic E-state index is -4.16. The number of carbonyl (C=O) groups excluding carboxylic acids is 1. The van der Waals surface area contributed by atoms with Gasteiger partial charge in [-0.1, -0.05) is 35.3 Å². The highest BCUT2D eigenvalue weighted by Crippen LogP contribution is 2.31. The van der Waals surface area contributed by atoms with E-state index in [1.54, 1.807) is 18.2 Å². The van der Waals surface area contributed by atoms with Gasteiger partial charge in [-0.15, -0.1) is 0 Å². The van der Waals surface area contributed by atoms with Crippen LogP contribution in [0.4, 0.5) is 5.69 Å². The number of nitrogens with one attached hydrogen (secondary N) is 1. The fourth-order valence-corrected chi connectivity index (χ4v) is 3.74. The number of methoxy groups -OCH3 is 1. The third-order valence-corrected chi connectivity index (χ3v) is 5.03. The quantitative estimate of drug-likeness (QED) is 0.864. The van der Waals surface area contributed by atoms with Crippen molar-refractivity contribution in [3.63, 3.8) is 0 Å². The van der Waals surface area contributed by atoms with Gasteiger partial charge in [-0.2, -0.15) is 0 Å². The normalized spacial score (nSPS) is 11.1. The lowest BCUT2D eigenvalue weighted by atomic mass is 10.2. The molecular weight excluding hydrogens is 365 g/mol. The zero-order chi connectivity index (χ0) is 17.2. The number of carboxylic acids is 1. The largest absolute Gasteiger partial charge is 0.545 e. The van der Waals surface area contributed by atoms with Gasteiger partial charge >= 0.3 is 0 Å². The maximum atomic E-state index is 12.5. The van der Waals surface area contributed by atoms with Crippen molar-refractivity contribution in [2.24, 2.45) is 0 Å². The van der Waals surface area contributed by atoms with Gasteiger partial charge in [0, 0.05) is 5.56 Å². The molecule has 6 nitrogen and oxygen atoms in total. The Morgan fingerprint density at radius 2 is 1.83 bits per heavy atom. The number of aromatic carboxylic acids is 1. The fourth-order valence-electron chi connectivity index (χ4n) is 1.82. The summed E-state index contributed by atoms with van der Waals surface area (Å²) < 4.78 is 32.3. The molecule has 2 aromatic rings. The highest BCUT2D eigenvalue weighted by Gasteiger charge is 2.22. The van der Waals surface area contributed by atoms with E-state index in [1.165, 1.54) is 13.2 Å². The van der Waals surface area contributed by atoms with Gasteiger partial charge in [0.2, 0.25) is 0 Å². The summed E-state index contributed by atoms with van der Waals surface area (Å²) in [5.41, 5.74) is -0.299. The molecule has 23 heavy (non-hydrogen) atoms. The minimum Gasteiger partial charge on any atom is -0.545 e. The molecule has 122 valence electrons. The van der Waals surface area contributed by atoms with Crippen LogP contribution >= 0.6 is 23.2 Å². The van der Waals surface area contributed by atoms with Crippen molar-refractivity contribution in [1.29, 1.82) is 0 Å². The Kier molecular flexibility index (Phi) is 5.03. The van der Waals surface area contributed by atoms with Crippen molar-refractivity contribution >= 4 is 44.9 Å². The Morgan fingerprint density at radius 3 is 2.43 bits per heavy atom. The second kappa shape index (κ2) is 6.66. The van der Waals surface area contributed by atoms with E-state index in [4.69, 9.17) is 27.9 Å². The van der Waals surface area contributed by atoms with Crippen LogP contribution in [0, 0.1) is 0 Å². The Balaban J connectivity index is 2.52. The number of carbonyl (C=O) groups is 1. The number of ether oxygens (including phenoxy) is 1. The van der Waals surface area contributed by atoms with E-state index in [1.807, 2.05) is 0 Å². The molecule has 0 aromatic heterocycles. The molecule has 0 saturated heterocycles. The number of hydrogen-bond acceptors (Lipinski definition) is 5. The second-order valence-electron chi connectivity index (χ2n) is 4.36. The molecule has 9 heteroatoms. The summed E-state index contributed by atoms with van der Waals surface area (Å²) in [5, 5.41) is 10.6. The number of para-hydroxylation sites is 2. The third kappa shape index (κ3) is 3.69. The number of anilines is 1. The Labute approximate surface area is 142 Å². The molecular formula is C14H10Cl2NO5S-. The minimum absolute atomic E-state index is 0.177. The molecule has 0 spiro atoms. The summed E-state index contributed by atoms with van der Waals surface area (Å²) in [4.78, 5) is 10.6. The number of rotatable bonds is 5. The fraction of sp³-hybridized carbons (Fsp3) is 0.0714. The van der Waals surface area contributed by atoms with Crippen LogP contribution in [0.1, 0.15) is 10.4 Å². The van der Waals surface area contributed by atoms with E-state index in [9.17, 15) is 18.3 Å². The topological polar surface area (TPSA) is 95.5 Å². The Hall–Kier alpha value is -1.96. The SMILES string of the molecule is COc1ccccc1NS(=O)(=O)c1cc(C(=O)[O-])c(Cl)cc1Cl. The zero-order valence-electron chi connectivity index (χ0n) is 11.7. The first-order chi connectivity index (χ1) is 10.8. The van der Waals surface area contributed by atoms with Crippen LogP contribution in [-0.2, 0) is 10.0 Å². The van der Waals surface area contributed by atoms with E-state index < -0.39 is 26.5 Å². The van der Waals surface area contributed by atoms with Crippen molar-refractivity contribution in [1.82, 2.24) is 0 Å². The molecule has 0 bridgehead atoms. The summed E-state index contributed by atoms with van der Waals surface area (Å²) in [6, 6.07) is 8.20.